The van der Waals surface area contributed by atoms with E-state index < -0.39 is 0 Å². The fourth-order valence-electron chi connectivity index (χ4n) is 4.41. The highest BCUT2D eigenvalue weighted by Crippen LogP contribution is 2.49. The molecule has 0 amide bonds. The average Bonchev–Trinajstić information content (AvgIpc) is 2.48. The van der Waals surface area contributed by atoms with Gasteiger partial charge in [0.25, 0.3) is 0 Å². The van der Waals surface area contributed by atoms with Gasteiger partial charge >= 0.3 is 0 Å². The van der Waals surface area contributed by atoms with Crippen LogP contribution in [0.2, 0.25) is 0 Å². The second kappa shape index (κ2) is 5.13. The molecule has 2 fully saturated rings. The summed E-state index contributed by atoms with van der Waals surface area (Å²) in [5, 5.41) is 3.65. The van der Waals surface area contributed by atoms with Gasteiger partial charge in [-0.15, -0.1) is 0 Å². The molecule has 0 aromatic heterocycles. The third-order valence-corrected chi connectivity index (χ3v) is 4.92. The molecule has 0 spiro atoms. The summed E-state index contributed by atoms with van der Waals surface area (Å²) in [4.78, 5) is 0. The van der Waals surface area contributed by atoms with E-state index in [0.717, 1.165) is 24.4 Å². The minimum atomic E-state index is 0.0578. The van der Waals surface area contributed by atoms with Gasteiger partial charge in [0.2, 0.25) is 0 Å². The van der Waals surface area contributed by atoms with E-state index >= 15 is 0 Å². The lowest BCUT2D eigenvalue weighted by Crippen LogP contribution is -2.40. The summed E-state index contributed by atoms with van der Waals surface area (Å²) in [6, 6.07) is 0.744. The molecule has 0 bridgehead atoms. The van der Waals surface area contributed by atoms with Crippen LogP contribution in [0.4, 0.5) is 0 Å². The van der Waals surface area contributed by atoms with Crippen molar-refractivity contribution in [2.75, 3.05) is 6.54 Å². The van der Waals surface area contributed by atoms with Crippen LogP contribution in [0, 0.1) is 11.8 Å². The van der Waals surface area contributed by atoms with E-state index in [2.05, 4.69) is 39.9 Å². The number of rotatable bonds is 3. The first-order valence-electron chi connectivity index (χ1n) is 7.77. The van der Waals surface area contributed by atoms with Gasteiger partial charge in [-0.05, 0) is 71.8 Å². The molecule has 0 radical (unpaired) electrons. The molecule has 1 N–H and O–H groups in total. The molecule has 106 valence electrons. The fraction of sp³-hybridized carbons (Fsp3) is 1.00. The van der Waals surface area contributed by atoms with Crippen LogP contribution in [-0.2, 0) is 4.74 Å². The van der Waals surface area contributed by atoms with Crippen molar-refractivity contribution in [1.82, 2.24) is 5.32 Å². The minimum absolute atomic E-state index is 0.0578. The van der Waals surface area contributed by atoms with Crippen LogP contribution < -0.4 is 5.32 Å². The van der Waals surface area contributed by atoms with Crippen molar-refractivity contribution in [3.05, 3.63) is 0 Å². The zero-order valence-corrected chi connectivity index (χ0v) is 12.9. The fourth-order valence-corrected chi connectivity index (χ4v) is 4.41. The van der Waals surface area contributed by atoms with E-state index in [0.29, 0.717) is 0 Å². The Labute approximate surface area is 113 Å². The lowest BCUT2D eigenvalue weighted by Gasteiger charge is -2.38. The molecule has 2 heteroatoms. The van der Waals surface area contributed by atoms with Crippen molar-refractivity contribution in [1.29, 1.82) is 0 Å². The molecule has 1 saturated carbocycles. The van der Waals surface area contributed by atoms with Gasteiger partial charge in [-0.25, -0.2) is 0 Å². The monoisotopic (exact) mass is 253 g/mol. The second-order valence-corrected chi connectivity index (χ2v) is 7.46. The summed E-state index contributed by atoms with van der Waals surface area (Å²) in [6.07, 6.45) is 6.72. The standard InChI is InChI=1S/C16H31NO/c1-6-17-13-9-7-8-12(10-13)14-11-15(2,3)18-16(14,4)5/h12-14,17H,6-11H2,1-5H3. The van der Waals surface area contributed by atoms with E-state index in [1.807, 2.05) is 0 Å². The Morgan fingerprint density at radius 1 is 1.17 bits per heavy atom. The first-order valence-corrected chi connectivity index (χ1v) is 7.77. The van der Waals surface area contributed by atoms with Gasteiger partial charge in [0, 0.05) is 6.04 Å². The Bertz CT molecular complexity index is 283. The lowest BCUT2D eigenvalue weighted by atomic mass is 9.70. The number of hydrogen-bond donors (Lipinski definition) is 1. The van der Waals surface area contributed by atoms with Crippen molar-refractivity contribution in [3.8, 4) is 0 Å². The lowest BCUT2D eigenvalue weighted by molar-refractivity contribution is -0.0819. The molecule has 1 aliphatic carbocycles. The smallest absolute Gasteiger partial charge is 0.0665 e. The normalized spacial score (nSPS) is 38.8. The van der Waals surface area contributed by atoms with Crippen molar-refractivity contribution >= 4 is 0 Å². The topological polar surface area (TPSA) is 21.3 Å². The molecule has 1 heterocycles. The molecule has 18 heavy (non-hydrogen) atoms. The Hall–Kier alpha value is -0.0800. The Morgan fingerprint density at radius 2 is 1.89 bits per heavy atom. The van der Waals surface area contributed by atoms with E-state index in [1.165, 1.54) is 32.1 Å². The van der Waals surface area contributed by atoms with E-state index in [1.54, 1.807) is 0 Å². The number of ether oxygens (including phenoxy) is 1. The van der Waals surface area contributed by atoms with Gasteiger partial charge in [0.05, 0.1) is 11.2 Å². The van der Waals surface area contributed by atoms with Crippen LogP contribution in [0.3, 0.4) is 0 Å². The SMILES string of the molecule is CCNC1CCCC(C2CC(C)(C)OC2(C)C)C1. The van der Waals surface area contributed by atoms with Gasteiger partial charge in [0.1, 0.15) is 0 Å². The molecule has 0 aromatic carbocycles. The molecule has 2 nitrogen and oxygen atoms in total. The first-order chi connectivity index (χ1) is 8.34. The molecule has 2 aliphatic rings. The largest absolute Gasteiger partial charge is 0.369 e. The van der Waals surface area contributed by atoms with Crippen molar-refractivity contribution in [2.45, 2.75) is 84.0 Å². The predicted molar refractivity (Wildman–Crippen MR) is 76.8 cm³/mol. The predicted octanol–water partition coefficient (Wildman–Crippen LogP) is 3.75. The van der Waals surface area contributed by atoms with Gasteiger partial charge in [-0.2, -0.15) is 0 Å². The number of hydrogen-bond acceptors (Lipinski definition) is 2. The van der Waals surface area contributed by atoms with Crippen molar-refractivity contribution in [3.63, 3.8) is 0 Å². The maximum Gasteiger partial charge on any atom is 0.0665 e. The van der Waals surface area contributed by atoms with E-state index in [4.69, 9.17) is 4.74 Å². The number of nitrogens with one attached hydrogen (secondary N) is 1. The second-order valence-electron chi connectivity index (χ2n) is 7.46. The quantitative estimate of drug-likeness (QED) is 0.827. The maximum absolute atomic E-state index is 6.28. The van der Waals surface area contributed by atoms with Crippen LogP contribution in [0.15, 0.2) is 0 Å². The highest BCUT2D eigenvalue weighted by molar-refractivity contribution is 4.98. The summed E-state index contributed by atoms with van der Waals surface area (Å²) in [5.74, 6) is 1.58. The molecular formula is C16H31NO. The third kappa shape index (κ3) is 3.08. The summed E-state index contributed by atoms with van der Waals surface area (Å²) < 4.78 is 6.28. The molecule has 1 saturated heterocycles. The van der Waals surface area contributed by atoms with Crippen LogP contribution >= 0.6 is 0 Å². The molecule has 2 rings (SSSR count). The summed E-state index contributed by atoms with van der Waals surface area (Å²) in [6.45, 7) is 12.4. The zero-order valence-electron chi connectivity index (χ0n) is 12.9. The highest BCUT2D eigenvalue weighted by Gasteiger charge is 2.49. The molecule has 3 unspecified atom stereocenters. The average molecular weight is 253 g/mol. The van der Waals surface area contributed by atoms with Gasteiger partial charge in [-0.3, -0.25) is 0 Å². The Balaban J connectivity index is 2.02. The van der Waals surface area contributed by atoms with Crippen molar-refractivity contribution < 1.29 is 4.74 Å². The Kier molecular flexibility index (Phi) is 4.08. The molecule has 1 aliphatic heterocycles. The third-order valence-electron chi connectivity index (χ3n) is 4.92. The van der Waals surface area contributed by atoms with Gasteiger partial charge in [0.15, 0.2) is 0 Å². The van der Waals surface area contributed by atoms with Crippen LogP contribution in [0.25, 0.3) is 0 Å². The Morgan fingerprint density at radius 3 is 2.44 bits per heavy atom. The molecular weight excluding hydrogens is 222 g/mol. The summed E-state index contributed by atoms with van der Waals surface area (Å²) in [7, 11) is 0. The molecule has 0 aromatic rings. The first kappa shape index (κ1) is 14.3. The van der Waals surface area contributed by atoms with Crippen molar-refractivity contribution in [2.24, 2.45) is 11.8 Å². The van der Waals surface area contributed by atoms with Crippen LogP contribution in [0.1, 0.15) is 66.7 Å². The van der Waals surface area contributed by atoms with Gasteiger partial charge in [-0.1, -0.05) is 13.3 Å². The van der Waals surface area contributed by atoms with Crippen LogP contribution in [0.5, 0.6) is 0 Å². The van der Waals surface area contributed by atoms with E-state index in [-0.39, 0.29) is 11.2 Å². The highest BCUT2D eigenvalue weighted by atomic mass is 16.5. The van der Waals surface area contributed by atoms with Crippen LogP contribution in [-0.4, -0.2) is 23.8 Å². The van der Waals surface area contributed by atoms with E-state index in [9.17, 15) is 0 Å². The zero-order chi connectivity index (χ0) is 13.4. The van der Waals surface area contributed by atoms with Gasteiger partial charge < -0.3 is 10.1 Å². The summed E-state index contributed by atoms with van der Waals surface area (Å²) >= 11 is 0. The minimum Gasteiger partial charge on any atom is -0.369 e. The molecule has 3 atom stereocenters. The maximum atomic E-state index is 6.28. The summed E-state index contributed by atoms with van der Waals surface area (Å²) in [5.41, 5.74) is 0.127.